The number of carbonyl (C=O) groups is 1. The van der Waals surface area contributed by atoms with E-state index < -0.39 is 18.1 Å². The largest absolute Gasteiger partial charge is 0.483 e. The number of benzene rings is 2. The van der Waals surface area contributed by atoms with Crippen molar-refractivity contribution in [1.82, 2.24) is 9.55 Å². The number of hydrogen-bond acceptors (Lipinski definition) is 5. The molecule has 3 aromatic rings. The molecule has 0 aliphatic carbocycles. The first-order valence-corrected chi connectivity index (χ1v) is 9.42. The molecule has 7 nitrogen and oxygen atoms in total. The van der Waals surface area contributed by atoms with Crippen molar-refractivity contribution < 1.29 is 23.4 Å². The highest BCUT2D eigenvalue weighted by atomic mass is 19.3. The van der Waals surface area contributed by atoms with Crippen molar-refractivity contribution in [3.05, 3.63) is 64.2 Å². The van der Waals surface area contributed by atoms with Crippen LogP contribution < -0.4 is 15.2 Å². The number of carbonyl (C=O) groups excluding carboxylic acids is 1. The van der Waals surface area contributed by atoms with Gasteiger partial charge in [-0.2, -0.15) is 8.78 Å². The van der Waals surface area contributed by atoms with Crippen LogP contribution in [0.1, 0.15) is 31.3 Å². The van der Waals surface area contributed by atoms with Gasteiger partial charge in [0.15, 0.2) is 5.75 Å². The molecule has 0 radical (unpaired) electrons. The van der Waals surface area contributed by atoms with E-state index in [1.807, 2.05) is 0 Å². The van der Waals surface area contributed by atoms with Crippen molar-refractivity contribution in [1.29, 1.82) is 0 Å². The van der Waals surface area contributed by atoms with Crippen molar-refractivity contribution in [3.8, 4) is 5.75 Å². The highest BCUT2D eigenvalue weighted by Gasteiger charge is 2.51. The van der Waals surface area contributed by atoms with Gasteiger partial charge >= 0.3 is 12.0 Å². The summed E-state index contributed by atoms with van der Waals surface area (Å²) in [5, 5.41) is 10.3. The number of alkyl halides is 2. The summed E-state index contributed by atoms with van der Waals surface area (Å²) in [7, 11) is 0. The number of aliphatic hydroxyl groups excluding tert-OH is 1. The molecule has 1 aromatic heterocycles. The van der Waals surface area contributed by atoms with Crippen molar-refractivity contribution in [2.24, 2.45) is 0 Å². The third kappa shape index (κ3) is 3.11. The Morgan fingerprint density at radius 3 is 2.60 bits per heavy atom. The Kier molecular flexibility index (Phi) is 4.77. The molecule has 0 saturated carbocycles. The van der Waals surface area contributed by atoms with Gasteiger partial charge < -0.3 is 9.84 Å². The second kappa shape index (κ2) is 7.17. The van der Waals surface area contributed by atoms with Gasteiger partial charge in [0, 0.05) is 12.1 Å². The lowest BCUT2D eigenvalue weighted by Gasteiger charge is -2.35. The van der Waals surface area contributed by atoms with Crippen LogP contribution in [-0.4, -0.2) is 26.7 Å². The maximum atomic E-state index is 14.4. The van der Waals surface area contributed by atoms with E-state index in [-0.39, 0.29) is 41.5 Å². The molecular formula is C21H19F2N3O4. The molecule has 0 bridgehead atoms. The number of aliphatic hydroxyl groups is 1. The third-order valence-corrected chi connectivity index (χ3v) is 5.05. The van der Waals surface area contributed by atoms with E-state index in [1.54, 1.807) is 31.2 Å². The van der Waals surface area contributed by atoms with Crippen LogP contribution in [0.2, 0.25) is 0 Å². The first kappa shape index (κ1) is 20.0. The number of para-hydroxylation sites is 2. The summed E-state index contributed by atoms with van der Waals surface area (Å²) in [5.41, 5.74) is 0.301. The van der Waals surface area contributed by atoms with Crippen LogP contribution in [0.3, 0.4) is 0 Å². The second-order valence-electron chi connectivity index (χ2n) is 6.98. The van der Waals surface area contributed by atoms with E-state index in [0.717, 1.165) is 4.90 Å². The van der Waals surface area contributed by atoms with Crippen LogP contribution in [0.25, 0.3) is 10.9 Å². The number of nitrogens with zero attached hydrogens (tertiary/aromatic N) is 3. The Morgan fingerprint density at radius 1 is 1.17 bits per heavy atom. The van der Waals surface area contributed by atoms with Gasteiger partial charge in [-0.1, -0.05) is 24.3 Å². The molecule has 1 aliphatic heterocycles. The molecule has 156 valence electrons. The lowest BCUT2D eigenvalue weighted by Crippen LogP contribution is -2.51. The summed E-state index contributed by atoms with van der Waals surface area (Å²) in [4.78, 5) is 30.6. The van der Waals surface area contributed by atoms with Crippen LogP contribution in [0, 0.1) is 0 Å². The van der Waals surface area contributed by atoms with Gasteiger partial charge in [0.2, 0.25) is 0 Å². The van der Waals surface area contributed by atoms with Crippen LogP contribution in [-0.2, 0) is 17.9 Å². The highest BCUT2D eigenvalue weighted by molar-refractivity contribution is 6.01. The number of ether oxygens (including phenoxy) is 1. The summed E-state index contributed by atoms with van der Waals surface area (Å²) in [6.45, 7) is 3.04. The first-order chi connectivity index (χ1) is 14.2. The predicted octanol–water partition coefficient (Wildman–Crippen LogP) is 2.99. The molecule has 1 amide bonds. The number of fused-ring (bicyclic) bond motifs is 2. The lowest BCUT2D eigenvalue weighted by atomic mass is 10.1. The number of aromatic nitrogens is 2. The Labute approximate surface area is 170 Å². The lowest BCUT2D eigenvalue weighted by molar-refractivity contribution is -0.193. The Morgan fingerprint density at radius 2 is 1.90 bits per heavy atom. The molecule has 1 aliphatic rings. The fourth-order valence-corrected chi connectivity index (χ4v) is 3.59. The third-order valence-electron chi connectivity index (χ3n) is 5.05. The van der Waals surface area contributed by atoms with Gasteiger partial charge in [-0.15, -0.1) is 0 Å². The number of hydrogen-bond donors (Lipinski definition) is 1. The zero-order valence-electron chi connectivity index (χ0n) is 16.3. The smallest absolute Gasteiger partial charge is 0.423 e. The summed E-state index contributed by atoms with van der Waals surface area (Å²) in [6, 6.07) is 11.1. The van der Waals surface area contributed by atoms with E-state index in [0.29, 0.717) is 10.9 Å². The minimum atomic E-state index is -4.12. The first-order valence-electron chi connectivity index (χ1n) is 9.42. The summed E-state index contributed by atoms with van der Waals surface area (Å²) < 4.78 is 34.8. The van der Waals surface area contributed by atoms with Gasteiger partial charge in [-0.25, -0.2) is 4.98 Å². The minimum Gasteiger partial charge on any atom is -0.423 e. The maximum Gasteiger partial charge on any atom is 0.483 e. The van der Waals surface area contributed by atoms with Crippen LogP contribution >= 0.6 is 0 Å². The van der Waals surface area contributed by atoms with Gasteiger partial charge in [0.1, 0.15) is 5.82 Å². The van der Waals surface area contributed by atoms with E-state index in [4.69, 9.17) is 0 Å². The molecule has 2 heterocycles. The van der Waals surface area contributed by atoms with Crippen LogP contribution in [0.15, 0.2) is 47.3 Å². The highest BCUT2D eigenvalue weighted by Crippen LogP contribution is 2.44. The van der Waals surface area contributed by atoms with Gasteiger partial charge in [-0.3, -0.25) is 19.1 Å². The van der Waals surface area contributed by atoms with Gasteiger partial charge in [0.05, 0.1) is 29.2 Å². The summed E-state index contributed by atoms with van der Waals surface area (Å²) in [5.74, 6) is -1.67. The quantitative estimate of drug-likeness (QED) is 0.708. The van der Waals surface area contributed by atoms with Crippen molar-refractivity contribution >= 4 is 22.5 Å². The molecule has 9 heteroatoms. The summed E-state index contributed by atoms with van der Waals surface area (Å²) >= 11 is 0. The second-order valence-corrected chi connectivity index (χ2v) is 6.98. The van der Waals surface area contributed by atoms with E-state index in [2.05, 4.69) is 9.72 Å². The molecule has 0 unspecified atom stereocenters. The fraction of sp³-hybridized carbons (Fsp3) is 0.286. The predicted molar refractivity (Wildman–Crippen MR) is 106 cm³/mol. The molecule has 30 heavy (non-hydrogen) atoms. The standard InChI is InChI=1S/C21H19F2N3O4/c1-3-25-17(24-15-9-5-4-7-14(15)19(25)28)11-26-16-10-6-8-13(12(2)27)18(16)30-21(22,23)20(26)29/h4-10,12,27H,3,11H2,1-2H3/t12-/m0/s1. The summed E-state index contributed by atoms with van der Waals surface area (Å²) in [6.07, 6.45) is -5.20. The fourth-order valence-electron chi connectivity index (χ4n) is 3.59. The molecule has 0 spiro atoms. The molecule has 0 saturated heterocycles. The average Bonchev–Trinajstić information content (AvgIpc) is 2.71. The Hall–Kier alpha value is -3.33. The van der Waals surface area contributed by atoms with Crippen molar-refractivity contribution in [3.63, 3.8) is 0 Å². The van der Waals surface area contributed by atoms with Crippen molar-refractivity contribution in [2.75, 3.05) is 4.90 Å². The van der Waals surface area contributed by atoms with Crippen LogP contribution in [0.4, 0.5) is 14.5 Å². The SMILES string of the molecule is CCn1c(CN2C(=O)C(F)(F)Oc3c([C@H](C)O)cccc32)nc2ccccc2c1=O. The van der Waals surface area contributed by atoms with Crippen molar-refractivity contribution in [2.45, 2.75) is 39.1 Å². The van der Waals surface area contributed by atoms with Gasteiger partial charge in [0.25, 0.3) is 5.56 Å². The molecule has 1 atom stereocenters. The number of halogens is 2. The molecule has 1 N–H and O–H groups in total. The van der Waals surface area contributed by atoms with Gasteiger partial charge in [-0.05, 0) is 32.0 Å². The normalized spacial score (nSPS) is 16.3. The minimum absolute atomic E-state index is 0.0781. The van der Waals surface area contributed by atoms with E-state index in [9.17, 15) is 23.5 Å². The molecular weight excluding hydrogens is 396 g/mol. The van der Waals surface area contributed by atoms with Crippen LogP contribution in [0.5, 0.6) is 5.75 Å². The zero-order valence-corrected chi connectivity index (χ0v) is 16.3. The average molecular weight is 415 g/mol. The monoisotopic (exact) mass is 415 g/mol. The number of anilines is 1. The number of amides is 1. The van der Waals surface area contributed by atoms with E-state index in [1.165, 1.54) is 29.7 Å². The Bertz CT molecular complexity index is 1210. The van der Waals surface area contributed by atoms with E-state index >= 15 is 0 Å². The topological polar surface area (TPSA) is 84.7 Å². The molecule has 4 rings (SSSR count). The maximum absolute atomic E-state index is 14.4. The Balaban J connectivity index is 1.89. The molecule has 0 fully saturated rings. The zero-order chi connectivity index (χ0) is 21.6. The molecule has 2 aromatic carbocycles. The number of rotatable bonds is 4.